The molecule has 23 heavy (non-hydrogen) atoms. The standard InChI is InChI=1S/C18H29N3O2/c1-20-9-16-10-21(8-14-4-6-22-7-5-14)11-17(18(16)19-20)13-23-12-15-2-3-15/h9,14-15,17H,2-8,10-13H2,1H3/t17-/m0/s1. The summed E-state index contributed by atoms with van der Waals surface area (Å²) >= 11 is 0. The zero-order chi connectivity index (χ0) is 15.6. The predicted octanol–water partition coefficient (Wildman–Crippen LogP) is 2.17. The van der Waals surface area contributed by atoms with Crippen LogP contribution in [0.4, 0.5) is 0 Å². The van der Waals surface area contributed by atoms with Crippen LogP contribution in [0.2, 0.25) is 0 Å². The van der Waals surface area contributed by atoms with Crippen molar-refractivity contribution in [2.75, 3.05) is 39.5 Å². The SMILES string of the molecule is Cn1cc2c(n1)[C@H](COCC1CC1)CN(CC1CCOCC1)C2. The average Bonchev–Trinajstić information content (AvgIpc) is 3.28. The second-order valence-corrected chi connectivity index (χ2v) is 7.64. The van der Waals surface area contributed by atoms with E-state index in [-0.39, 0.29) is 0 Å². The monoisotopic (exact) mass is 319 g/mol. The van der Waals surface area contributed by atoms with E-state index < -0.39 is 0 Å². The lowest BCUT2D eigenvalue weighted by Crippen LogP contribution is -2.39. The van der Waals surface area contributed by atoms with Gasteiger partial charge < -0.3 is 9.47 Å². The van der Waals surface area contributed by atoms with Gasteiger partial charge in [0.1, 0.15) is 0 Å². The summed E-state index contributed by atoms with van der Waals surface area (Å²) in [6.07, 6.45) is 7.32. The van der Waals surface area contributed by atoms with Gasteiger partial charge >= 0.3 is 0 Å². The highest BCUT2D eigenvalue weighted by Crippen LogP contribution is 2.31. The largest absolute Gasteiger partial charge is 0.381 e. The Kier molecular flexibility index (Phi) is 4.69. The molecule has 0 amide bonds. The van der Waals surface area contributed by atoms with Gasteiger partial charge in [-0.2, -0.15) is 5.10 Å². The van der Waals surface area contributed by atoms with E-state index in [9.17, 15) is 0 Å². The molecular weight excluding hydrogens is 290 g/mol. The molecule has 3 heterocycles. The maximum Gasteiger partial charge on any atom is 0.0736 e. The Morgan fingerprint density at radius 1 is 1.17 bits per heavy atom. The molecule has 2 aliphatic heterocycles. The number of rotatable bonds is 6. The maximum absolute atomic E-state index is 6.01. The fraction of sp³-hybridized carbons (Fsp3) is 0.833. The van der Waals surface area contributed by atoms with Crippen LogP contribution in [0.1, 0.15) is 42.9 Å². The van der Waals surface area contributed by atoms with E-state index in [0.29, 0.717) is 5.92 Å². The number of nitrogens with zero attached hydrogens (tertiary/aromatic N) is 3. The summed E-state index contributed by atoms with van der Waals surface area (Å²) in [5.41, 5.74) is 2.66. The average molecular weight is 319 g/mol. The Hall–Kier alpha value is -0.910. The molecule has 5 nitrogen and oxygen atoms in total. The topological polar surface area (TPSA) is 39.5 Å². The molecule has 1 saturated carbocycles. The van der Waals surface area contributed by atoms with Crippen LogP contribution in [-0.4, -0.2) is 54.2 Å². The van der Waals surface area contributed by atoms with E-state index in [1.807, 2.05) is 11.7 Å². The Balaban J connectivity index is 1.39. The van der Waals surface area contributed by atoms with Crippen LogP contribution in [0.3, 0.4) is 0 Å². The van der Waals surface area contributed by atoms with Gasteiger partial charge in [0.25, 0.3) is 0 Å². The summed E-state index contributed by atoms with van der Waals surface area (Å²) in [6, 6.07) is 0. The minimum Gasteiger partial charge on any atom is -0.381 e. The van der Waals surface area contributed by atoms with Gasteiger partial charge in [0.15, 0.2) is 0 Å². The first-order chi connectivity index (χ1) is 11.3. The number of fused-ring (bicyclic) bond motifs is 1. The number of hydrogen-bond acceptors (Lipinski definition) is 4. The predicted molar refractivity (Wildman–Crippen MR) is 88.3 cm³/mol. The highest BCUT2D eigenvalue weighted by atomic mass is 16.5. The molecule has 1 aromatic rings. The smallest absolute Gasteiger partial charge is 0.0736 e. The third-order valence-electron chi connectivity index (χ3n) is 5.42. The van der Waals surface area contributed by atoms with Crippen LogP contribution < -0.4 is 0 Å². The Morgan fingerprint density at radius 2 is 2.00 bits per heavy atom. The zero-order valence-electron chi connectivity index (χ0n) is 14.2. The number of aromatic nitrogens is 2. The molecule has 0 aromatic carbocycles. The molecule has 128 valence electrons. The summed E-state index contributed by atoms with van der Waals surface area (Å²) in [4.78, 5) is 2.62. The quantitative estimate of drug-likeness (QED) is 0.806. The first-order valence-electron chi connectivity index (χ1n) is 9.18. The highest BCUT2D eigenvalue weighted by Gasteiger charge is 2.30. The van der Waals surface area contributed by atoms with Crippen molar-refractivity contribution in [3.8, 4) is 0 Å². The zero-order valence-corrected chi connectivity index (χ0v) is 14.2. The lowest BCUT2D eigenvalue weighted by molar-refractivity contribution is 0.0430. The van der Waals surface area contributed by atoms with Crippen molar-refractivity contribution in [2.24, 2.45) is 18.9 Å². The third kappa shape index (κ3) is 3.95. The second kappa shape index (κ2) is 6.91. The van der Waals surface area contributed by atoms with Crippen LogP contribution in [0, 0.1) is 11.8 Å². The molecule has 1 aromatic heterocycles. The van der Waals surface area contributed by atoms with Crippen molar-refractivity contribution in [3.05, 3.63) is 17.5 Å². The fourth-order valence-corrected chi connectivity index (χ4v) is 3.95. The second-order valence-electron chi connectivity index (χ2n) is 7.64. The molecule has 0 spiro atoms. The number of hydrogen-bond donors (Lipinski definition) is 0. The molecule has 5 heteroatoms. The van der Waals surface area contributed by atoms with Gasteiger partial charge in [-0.3, -0.25) is 9.58 Å². The van der Waals surface area contributed by atoms with Gasteiger partial charge in [0.05, 0.1) is 12.3 Å². The molecule has 3 aliphatic rings. The van der Waals surface area contributed by atoms with E-state index in [0.717, 1.165) is 51.4 Å². The number of aryl methyl sites for hydroxylation is 1. The van der Waals surface area contributed by atoms with E-state index in [4.69, 9.17) is 14.6 Å². The van der Waals surface area contributed by atoms with Crippen LogP contribution in [0.15, 0.2) is 6.20 Å². The van der Waals surface area contributed by atoms with E-state index in [2.05, 4.69) is 11.1 Å². The lowest BCUT2D eigenvalue weighted by Gasteiger charge is -2.35. The molecule has 0 unspecified atom stereocenters. The van der Waals surface area contributed by atoms with E-state index >= 15 is 0 Å². The van der Waals surface area contributed by atoms with Gasteiger partial charge in [-0.1, -0.05) is 0 Å². The summed E-state index contributed by atoms with van der Waals surface area (Å²) < 4.78 is 13.5. The highest BCUT2D eigenvalue weighted by molar-refractivity contribution is 5.24. The van der Waals surface area contributed by atoms with E-state index in [1.165, 1.54) is 43.5 Å². The van der Waals surface area contributed by atoms with Crippen LogP contribution >= 0.6 is 0 Å². The molecule has 1 atom stereocenters. The first-order valence-corrected chi connectivity index (χ1v) is 9.18. The third-order valence-corrected chi connectivity index (χ3v) is 5.42. The molecule has 1 saturated heterocycles. The lowest BCUT2D eigenvalue weighted by atomic mass is 9.94. The molecule has 2 fully saturated rings. The van der Waals surface area contributed by atoms with Gasteiger partial charge in [0.2, 0.25) is 0 Å². The van der Waals surface area contributed by atoms with Gasteiger partial charge in [0, 0.05) is 64.2 Å². The van der Waals surface area contributed by atoms with Crippen LogP contribution in [0.25, 0.3) is 0 Å². The summed E-state index contributed by atoms with van der Waals surface area (Å²) in [6.45, 7) is 6.96. The van der Waals surface area contributed by atoms with E-state index in [1.54, 1.807) is 0 Å². The fourth-order valence-electron chi connectivity index (χ4n) is 3.95. The van der Waals surface area contributed by atoms with Crippen molar-refractivity contribution in [1.82, 2.24) is 14.7 Å². The minimum atomic E-state index is 0.429. The van der Waals surface area contributed by atoms with Gasteiger partial charge in [-0.15, -0.1) is 0 Å². The Labute approximate surface area is 138 Å². The first kappa shape index (κ1) is 15.6. The van der Waals surface area contributed by atoms with Crippen LogP contribution in [0.5, 0.6) is 0 Å². The van der Waals surface area contributed by atoms with Crippen molar-refractivity contribution >= 4 is 0 Å². The summed E-state index contributed by atoms with van der Waals surface area (Å²) in [7, 11) is 2.03. The molecule has 1 aliphatic carbocycles. The van der Waals surface area contributed by atoms with Crippen molar-refractivity contribution in [1.29, 1.82) is 0 Å². The van der Waals surface area contributed by atoms with Gasteiger partial charge in [-0.05, 0) is 37.5 Å². The van der Waals surface area contributed by atoms with Crippen molar-refractivity contribution < 1.29 is 9.47 Å². The molecule has 4 rings (SSSR count). The molecule has 0 radical (unpaired) electrons. The maximum atomic E-state index is 6.01. The van der Waals surface area contributed by atoms with Crippen molar-refractivity contribution in [3.63, 3.8) is 0 Å². The molecule has 0 N–H and O–H groups in total. The molecule has 0 bridgehead atoms. The number of ether oxygens (including phenoxy) is 2. The Bertz CT molecular complexity index is 520. The van der Waals surface area contributed by atoms with Gasteiger partial charge in [-0.25, -0.2) is 0 Å². The normalized spacial score (nSPS) is 26.4. The molecular formula is C18H29N3O2. The summed E-state index contributed by atoms with van der Waals surface area (Å²) in [5, 5.41) is 4.72. The van der Waals surface area contributed by atoms with Crippen LogP contribution in [-0.2, 0) is 23.1 Å². The minimum absolute atomic E-state index is 0.429. The van der Waals surface area contributed by atoms with Crippen molar-refractivity contribution in [2.45, 2.75) is 38.1 Å². The summed E-state index contributed by atoms with van der Waals surface area (Å²) in [5.74, 6) is 2.05. The Morgan fingerprint density at radius 3 is 2.78 bits per heavy atom.